The molecular formula is C22H19N5O2. The molecule has 0 saturated heterocycles. The molecule has 0 aliphatic heterocycles. The van der Waals surface area contributed by atoms with Gasteiger partial charge in [-0.25, -0.2) is 15.0 Å². The number of hydrogen-bond donors (Lipinski definition) is 3. The third kappa shape index (κ3) is 3.74. The number of aromatic nitrogens is 4. The molecule has 0 aliphatic carbocycles. The lowest BCUT2D eigenvalue weighted by atomic mass is 10.0. The number of pyridine rings is 1. The molecule has 0 amide bonds. The standard InChI is InChI=1S/C22H19N5O2/c1-22(28,18-7-4-8-19(26-18)29-2)10-9-14-5-3-6-15(11-14)16-12-24-17-13-25-21(23)27-20(16)17/h3-8,11-13,24,28H,1-2H3,(H2,23,25,27). The molecule has 1 unspecified atom stereocenters. The summed E-state index contributed by atoms with van der Waals surface area (Å²) in [7, 11) is 1.53. The Labute approximate surface area is 167 Å². The van der Waals surface area contributed by atoms with E-state index in [1.54, 1.807) is 31.3 Å². The van der Waals surface area contributed by atoms with Crippen molar-refractivity contribution in [3.05, 3.63) is 66.1 Å². The first-order chi connectivity index (χ1) is 14.0. The van der Waals surface area contributed by atoms with Gasteiger partial charge in [0.05, 0.1) is 24.5 Å². The molecule has 0 spiro atoms. The van der Waals surface area contributed by atoms with E-state index in [0.717, 1.165) is 27.7 Å². The van der Waals surface area contributed by atoms with Crippen LogP contribution in [0.3, 0.4) is 0 Å². The van der Waals surface area contributed by atoms with Crippen LogP contribution in [0.15, 0.2) is 54.9 Å². The molecule has 29 heavy (non-hydrogen) atoms. The van der Waals surface area contributed by atoms with Crippen molar-refractivity contribution in [2.24, 2.45) is 0 Å². The van der Waals surface area contributed by atoms with E-state index in [-0.39, 0.29) is 5.95 Å². The van der Waals surface area contributed by atoms with Crippen LogP contribution in [-0.2, 0) is 5.60 Å². The van der Waals surface area contributed by atoms with Crippen LogP contribution in [0, 0.1) is 11.8 Å². The normalized spacial score (nSPS) is 12.8. The first-order valence-electron chi connectivity index (χ1n) is 8.93. The van der Waals surface area contributed by atoms with E-state index in [0.29, 0.717) is 11.6 Å². The lowest BCUT2D eigenvalue weighted by Crippen LogP contribution is -2.20. The lowest BCUT2D eigenvalue weighted by Gasteiger charge is -2.16. The number of hydrogen-bond acceptors (Lipinski definition) is 6. The van der Waals surface area contributed by atoms with Gasteiger partial charge in [0.1, 0.15) is 5.52 Å². The quantitative estimate of drug-likeness (QED) is 0.468. The zero-order valence-electron chi connectivity index (χ0n) is 16.0. The fraction of sp³-hybridized carbons (Fsp3) is 0.136. The summed E-state index contributed by atoms with van der Waals surface area (Å²) in [4.78, 5) is 15.7. The number of nitrogens with one attached hydrogen (secondary N) is 1. The molecule has 4 N–H and O–H groups in total. The molecule has 7 heteroatoms. The van der Waals surface area contributed by atoms with Crippen molar-refractivity contribution in [2.75, 3.05) is 12.8 Å². The number of H-pyrrole nitrogens is 1. The highest BCUT2D eigenvalue weighted by molar-refractivity contribution is 5.92. The third-order valence-electron chi connectivity index (χ3n) is 4.49. The first-order valence-corrected chi connectivity index (χ1v) is 8.93. The number of fused-ring (bicyclic) bond motifs is 1. The number of nitrogen functional groups attached to an aromatic ring is 1. The van der Waals surface area contributed by atoms with E-state index in [4.69, 9.17) is 10.5 Å². The van der Waals surface area contributed by atoms with Gasteiger partial charge in [0.2, 0.25) is 11.8 Å². The SMILES string of the molecule is COc1cccc(C(C)(O)C#Cc2cccc(-c3c[nH]c4cnc(N)nc34)c2)n1. The van der Waals surface area contributed by atoms with Crippen molar-refractivity contribution < 1.29 is 9.84 Å². The Kier molecular flexibility index (Phi) is 4.63. The third-order valence-corrected chi connectivity index (χ3v) is 4.49. The fourth-order valence-electron chi connectivity index (χ4n) is 2.97. The number of ether oxygens (including phenoxy) is 1. The zero-order chi connectivity index (χ0) is 20.4. The van der Waals surface area contributed by atoms with Crippen LogP contribution in [0.1, 0.15) is 18.2 Å². The molecule has 4 aromatic rings. The van der Waals surface area contributed by atoms with Gasteiger partial charge in [-0.15, -0.1) is 0 Å². The van der Waals surface area contributed by atoms with Crippen molar-refractivity contribution in [3.63, 3.8) is 0 Å². The molecule has 0 radical (unpaired) electrons. The van der Waals surface area contributed by atoms with E-state index in [1.807, 2.05) is 30.5 Å². The van der Waals surface area contributed by atoms with Crippen molar-refractivity contribution in [1.29, 1.82) is 0 Å². The molecule has 7 nitrogen and oxygen atoms in total. The molecule has 144 valence electrons. The average Bonchev–Trinajstić information content (AvgIpc) is 3.15. The van der Waals surface area contributed by atoms with Crippen LogP contribution in [0.4, 0.5) is 5.95 Å². The van der Waals surface area contributed by atoms with Crippen molar-refractivity contribution >= 4 is 17.0 Å². The molecule has 1 aromatic carbocycles. The Bertz CT molecular complexity index is 1250. The predicted molar refractivity (Wildman–Crippen MR) is 111 cm³/mol. The average molecular weight is 385 g/mol. The number of benzene rings is 1. The topological polar surface area (TPSA) is 110 Å². The van der Waals surface area contributed by atoms with Crippen molar-refractivity contribution in [3.8, 4) is 28.8 Å². The number of nitrogens with zero attached hydrogens (tertiary/aromatic N) is 3. The largest absolute Gasteiger partial charge is 0.481 e. The first kappa shape index (κ1) is 18.5. The second-order valence-electron chi connectivity index (χ2n) is 6.66. The molecule has 3 aromatic heterocycles. The summed E-state index contributed by atoms with van der Waals surface area (Å²) in [6.07, 6.45) is 3.52. The van der Waals surface area contributed by atoms with Crippen LogP contribution in [0.2, 0.25) is 0 Å². The molecule has 0 aliphatic rings. The van der Waals surface area contributed by atoms with Gasteiger partial charge < -0.3 is 20.6 Å². The smallest absolute Gasteiger partial charge is 0.220 e. The maximum Gasteiger partial charge on any atom is 0.220 e. The van der Waals surface area contributed by atoms with Gasteiger partial charge in [-0.1, -0.05) is 30.0 Å². The maximum absolute atomic E-state index is 10.8. The Balaban J connectivity index is 1.69. The van der Waals surface area contributed by atoms with Gasteiger partial charge in [0.25, 0.3) is 0 Å². The maximum atomic E-state index is 10.8. The Morgan fingerprint density at radius 2 is 2.00 bits per heavy atom. The number of rotatable bonds is 3. The van der Waals surface area contributed by atoms with Gasteiger partial charge in [-0.05, 0) is 30.7 Å². The van der Waals surface area contributed by atoms with Crippen molar-refractivity contribution in [2.45, 2.75) is 12.5 Å². The molecule has 0 saturated carbocycles. The predicted octanol–water partition coefficient (Wildman–Crippen LogP) is 2.87. The zero-order valence-corrected chi connectivity index (χ0v) is 16.0. The van der Waals surface area contributed by atoms with Crippen LogP contribution < -0.4 is 10.5 Å². The fourth-order valence-corrected chi connectivity index (χ4v) is 2.97. The highest BCUT2D eigenvalue weighted by Crippen LogP contribution is 2.28. The molecule has 3 heterocycles. The van der Waals surface area contributed by atoms with E-state index < -0.39 is 5.60 Å². The Morgan fingerprint density at radius 3 is 2.83 bits per heavy atom. The lowest BCUT2D eigenvalue weighted by molar-refractivity contribution is 0.116. The summed E-state index contributed by atoms with van der Waals surface area (Å²) in [5.74, 6) is 6.57. The van der Waals surface area contributed by atoms with E-state index in [2.05, 4.69) is 31.8 Å². The summed E-state index contributed by atoms with van der Waals surface area (Å²) < 4.78 is 5.12. The second kappa shape index (κ2) is 7.26. The number of aromatic amines is 1. The molecular weight excluding hydrogens is 366 g/mol. The van der Waals surface area contributed by atoms with Gasteiger partial charge in [0, 0.05) is 23.4 Å². The number of methoxy groups -OCH3 is 1. The van der Waals surface area contributed by atoms with Gasteiger partial charge >= 0.3 is 0 Å². The van der Waals surface area contributed by atoms with Crippen LogP contribution >= 0.6 is 0 Å². The Hall–Kier alpha value is -3.89. The summed E-state index contributed by atoms with van der Waals surface area (Å²) in [5, 5.41) is 10.8. The summed E-state index contributed by atoms with van der Waals surface area (Å²) in [6.45, 7) is 1.60. The van der Waals surface area contributed by atoms with Crippen LogP contribution in [0.5, 0.6) is 5.88 Å². The monoisotopic (exact) mass is 385 g/mol. The van der Waals surface area contributed by atoms with E-state index in [9.17, 15) is 5.11 Å². The summed E-state index contributed by atoms with van der Waals surface area (Å²) in [6, 6.07) is 12.9. The highest BCUT2D eigenvalue weighted by Gasteiger charge is 2.22. The molecule has 0 bridgehead atoms. The van der Waals surface area contributed by atoms with E-state index in [1.165, 1.54) is 7.11 Å². The van der Waals surface area contributed by atoms with Gasteiger partial charge in [-0.2, -0.15) is 0 Å². The number of nitrogens with two attached hydrogens (primary N) is 1. The molecule has 0 fully saturated rings. The van der Waals surface area contributed by atoms with Crippen molar-refractivity contribution in [1.82, 2.24) is 19.9 Å². The van der Waals surface area contributed by atoms with Gasteiger partial charge in [-0.3, -0.25) is 0 Å². The Morgan fingerprint density at radius 1 is 1.17 bits per heavy atom. The second-order valence-corrected chi connectivity index (χ2v) is 6.66. The minimum atomic E-state index is -1.42. The van der Waals surface area contributed by atoms with Crippen LogP contribution in [-0.4, -0.2) is 32.2 Å². The van der Waals surface area contributed by atoms with Gasteiger partial charge in [0.15, 0.2) is 5.60 Å². The minimum absolute atomic E-state index is 0.219. The van der Waals surface area contributed by atoms with Crippen LogP contribution in [0.25, 0.3) is 22.2 Å². The minimum Gasteiger partial charge on any atom is -0.481 e. The van der Waals surface area contributed by atoms with E-state index >= 15 is 0 Å². The molecule has 1 atom stereocenters. The number of anilines is 1. The highest BCUT2D eigenvalue weighted by atomic mass is 16.5. The summed E-state index contributed by atoms with van der Waals surface area (Å²) in [5.41, 5.74) is 8.86. The summed E-state index contributed by atoms with van der Waals surface area (Å²) >= 11 is 0. The number of aliphatic hydroxyl groups is 1. The molecule has 4 rings (SSSR count).